The lowest BCUT2D eigenvalue weighted by Crippen LogP contribution is -2.52. The van der Waals surface area contributed by atoms with Gasteiger partial charge in [-0.1, -0.05) is 24.6 Å². The Balaban J connectivity index is 1.44. The first-order chi connectivity index (χ1) is 15.7. The number of hydrogen-bond donors (Lipinski definition) is 4. The van der Waals surface area contributed by atoms with E-state index in [1.165, 1.54) is 24.6 Å². The molecule has 2 fully saturated rings. The third-order valence-electron chi connectivity index (χ3n) is 6.51. The molecule has 0 aliphatic heterocycles. The van der Waals surface area contributed by atoms with Crippen molar-refractivity contribution in [1.29, 1.82) is 0 Å². The minimum Gasteiger partial charge on any atom is -0.394 e. The second-order valence-electron chi connectivity index (χ2n) is 8.75. The van der Waals surface area contributed by atoms with Crippen LogP contribution in [-0.2, 0) is 11.0 Å². The molecule has 0 spiro atoms. The van der Waals surface area contributed by atoms with Gasteiger partial charge in [0.2, 0.25) is 5.91 Å². The maximum atomic E-state index is 13.0. The van der Waals surface area contributed by atoms with Crippen molar-refractivity contribution in [3.8, 4) is 0 Å². The number of fused-ring (bicyclic) bond motifs is 2. The summed E-state index contributed by atoms with van der Waals surface area (Å²) in [6.07, 6.45) is -0.190. The third kappa shape index (κ3) is 5.30. The molecule has 0 aromatic heterocycles. The molecule has 6 nitrogen and oxygen atoms in total. The van der Waals surface area contributed by atoms with Crippen LogP contribution >= 0.6 is 0 Å². The Labute approximate surface area is 189 Å². The van der Waals surface area contributed by atoms with Gasteiger partial charge in [-0.2, -0.15) is 13.2 Å². The van der Waals surface area contributed by atoms with Gasteiger partial charge in [-0.3, -0.25) is 9.59 Å². The van der Waals surface area contributed by atoms with Crippen molar-refractivity contribution in [3.63, 3.8) is 0 Å². The van der Waals surface area contributed by atoms with E-state index in [1.54, 1.807) is 18.2 Å². The number of anilines is 2. The number of para-hydroxylation sites is 1. The van der Waals surface area contributed by atoms with Gasteiger partial charge in [-0.05, 0) is 61.4 Å². The second kappa shape index (κ2) is 9.43. The number of carbonyl (C=O) groups excluding carboxylic acids is 2. The molecule has 2 aliphatic rings. The zero-order valence-electron chi connectivity index (χ0n) is 17.9. The zero-order valence-corrected chi connectivity index (χ0v) is 17.9. The molecular formula is C24H26F3N3O3. The maximum Gasteiger partial charge on any atom is 0.416 e. The molecule has 0 radical (unpaired) electrons. The summed E-state index contributed by atoms with van der Waals surface area (Å²) in [5.74, 6) is 0.0292. The number of carbonyl (C=O) groups is 2. The van der Waals surface area contributed by atoms with Gasteiger partial charge in [-0.25, -0.2) is 0 Å². The first kappa shape index (κ1) is 23.1. The highest BCUT2D eigenvalue weighted by Crippen LogP contribution is 2.44. The predicted molar refractivity (Wildman–Crippen MR) is 117 cm³/mol. The lowest BCUT2D eigenvalue weighted by Gasteiger charge is -2.25. The Morgan fingerprint density at radius 3 is 2.52 bits per heavy atom. The van der Waals surface area contributed by atoms with E-state index >= 15 is 0 Å². The molecule has 9 heteroatoms. The largest absolute Gasteiger partial charge is 0.416 e. The van der Waals surface area contributed by atoms with Crippen molar-refractivity contribution in [1.82, 2.24) is 10.6 Å². The smallest absolute Gasteiger partial charge is 0.394 e. The van der Waals surface area contributed by atoms with Gasteiger partial charge < -0.3 is 21.1 Å². The molecule has 2 aliphatic carbocycles. The number of rotatable bonds is 7. The van der Waals surface area contributed by atoms with Crippen molar-refractivity contribution in [2.75, 3.05) is 11.9 Å². The fraction of sp³-hybridized carbons (Fsp3) is 0.417. The lowest BCUT2D eigenvalue weighted by molar-refractivity contribution is -0.137. The molecule has 3 unspecified atom stereocenters. The van der Waals surface area contributed by atoms with Gasteiger partial charge in [0, 0.05) is 11.7 Å². The Hall–Kier alpha value is -3.07. The van der Waals surface area contributed by atoms with E-state index in [0.29, 0.717) is 11.8 Å². The Morgan fingerprint density at radius 2 is 1.85 bits per heavy atom. The Kier molecular flexibility index (Phi) is 6.60. The van der Waals surface area contributed by atoms with Gasteiger partial charge in [0.05, 0.1) is 23.4 Å². The highest BCUT2D eigenvalue weighted by Gasteiger charge is 2.40. The highest BCUT2D eigenvalue weighted by atomic mass is 19.4. The van der Waals surface area contributed by atoms with Crippen LogP contribution in [0.1, 0.15) is 41.6 Å². The van der Waals surface area contributed by atoms with E-state index in [4.69, 9.17) is 0 Å². The van der Waals surface area contributed by atoms with Crippen molar-refractivity contribution < 1.29 is 27.9 Å². The van der Waals surface area contributed by atoms with E-state index in [9.17, 15) is 27.9 Å². The SMILES string of the molecule is O=C(N[C@@H](CO)C(=O)NC1CC2CCC1C2)c1ccccc1Nc1cccc(C(F)(F)F)c1. The molecular weight excluding hydrogens is 435 g/mol. The monoisotopic (exact) mass is 461 g/mol. The Morgan fingerprint density at radius 1 is 1.06 bits per heavy atom. The van der Waals surface area contributed by atoms with Crippen molar-refractivity contribution >= 4 is 23.2 Å². The van der Waals surface area contributed by atoms with Crippen LogP contribution in [0.3, 0.4) is 0 Å². The molecule has 2 saturated carbocycles. The van der Waals surface area contributed by atoms with E-state index in [1.807, 2.05) is 0 Å². The van der Waals surface area contributed by atoms with Crippen LogP contribution in [0.2, 0.25) is 0 Å². The van der Waals surface area contributed by atoms with Crippen LogP contribution in [0, 0.1) is 11.8 Å². The molecule has 0 saturated heterocycles. The van der Waals surface area contributed by atoms with Crippen LogP contribution in [-0.4, -0.2) is 35.6 Å². The summed E-state index contributed by atoms with van der Waals surface area (Å²) < 4.78 is 39.0. The topological polar surface area (TPSA) is 90.5 Å². The van der Waals surface area contributed by atoms with Crippen molar-refractivity contribution in [2.45, 2.75) is 43.9 Å². The maximum absolute atomic E-state index is 13.0. The third-order valence-corrected chi connectivity index (χ3v) is 6.51. The summed E-state index contributed by atoms with van der Waals surface area (Å²) in [5.41, 5.74) is -0.231. The van der Waals surface area contributed by atoms with E-state index in [-0.39, 0.29) is 23.0 Å². The Bertz CT molecular complexity index is 1030. The van der Waals surface area contributed by atoms with Crippen molar-refractivity contribution in [2.24, 2.45) is 11.8 Å². The summed E-state index contributed by atoms with van der Waals surface area (Å²) in [6, 6.07) is 9.88. The molecule has 2 aromatic rings. The molecule has 33 heavy (non-hydrogen) atoms. The van der Waals surface area contributed by atoms with Gasteiger partial charge in [0.1, 0.15) is 6.04 Å². The molecule has 4 N–H and O–H groups in total. The van der Waals surface area contributed by atoms with Gasteiger partial charge in [0.25, 0.3) is 5.91 Å². The summed E-state index contributed by atoms with van der Waals surface area (Å²) in [4.78, 5) is 25.6. The first-order valence-corrected chi connectivity index (χ1v) is 11.0. The average Bonchev–Trinajstić information content (AvgIpc) is 3.40. The average molecular weight is 461 g/mol. The first-order valence-electron chi connectivity index (χ1n) is 11.0. The number of alkyl halides is 3. The molecule has 2 amide bonds. The van der Waals surface area contributed by atoms with Gasteiger partial charge >= 0.3 is 6.18 Å². The van der Waals surface area contributed by atoms with Crippen molar-refractivity contribution in [3.05, 3.63) is 59.7 Å². The van der Waals surface area contributed by atoms with Gasteiger partial charge in [-0.15, -0.1) is 0 Å². The summed E-state index contributed by atoms with van der Waals surface area (Å²) >= 11 is 0. The van der Waals surface area contributed by atoms with Crippen LogP contribution < -0.4 is 16.0 Å². The van der Waals surface area contributed by atoms with Crippen LogP contribution in [0.4, 0.5) is 24.5 Å². The standard InChI is InChI=1S/C24H26F3N3O3/c25-24(26,27)16-4-3-5-17(12-16)28-19-7-2-1-6-18(19)22(32)30-21(13-31)23(33)29-20-11-14-8-9-15(20)10-14/h1-7,12,14-15,20-21,28,31H,8-11,13H2,(H,29,33)(H,30,32)/t14?,15?,20?,21-/m0/s1. The molecule has 2 aromatic carbocycles. The lowest BCUT2D eigenvalue weighted by atomic mass is 9.95. The fourth-order valence-corrected chi connectivity index (χ4v) is 4.85. The number of hydrogen-bond acceptors (Lipinski definition) is 4. The normalized spacial score (nSPS) is 22.6. The number of halogens is 3. The molecule has 176 valence electrons. The summed E-state index contributed by atoms with van der Waals surface area (Å²) in [5, 5.41) is 18.0. The quantitative estimate of drug-likeness (QED) is 0.504. The van der Waals surface area contributed by atoms with Gasteiger partial charge in [0.15, 0.2) is 0 Å². The molecule has 2 bridgehead atoms. The molecule has 0 heterocycles. The highest BCUT2D eigenvalue weighted by molar-refractivity contribution is 6.02. The number of nitrogens with one attached hydrogen (secondary N) is 3. The number of aliphatic hydroxyl groups is 1. The van der Waals surface area contributed by atoms with Crippen LogP contribution in [0.25, 0.3) is 0 Å². The predicted octanol–water partition coefficient (Wildman–Crippen LogP) is 3.84. The second-order valence-corrected chi connectivity index (χ2v) is 8.75. The van der Waals surface area contributed by atoms with Crippen LogP contribution in [0.15, 0.2) is 48.5 Å². The minimum atomic E-state index is -4.49. The van der Waals surface area contributed by atoms with Crippen LogP contribution in [0.5, 0.6) is 0 Å². The number of amides is 2. The number of benzene rings is 2. The minimum absolute atomic E-state index is 0.0667. The number of aliphatic hydroxyl groups excluding tert-OH is 1. The van der Waals surface area contributed by atoms with E-state index in [2.05, 4.69) is 16.0 Å². The molecule has 4 rings (SSSR count). The summed E-state index contributed by atoms with van der Waals surface area (Å²) in [6.45, 7) is -0.568. The summed E-state index contributed by atoms with van der Waals surface area (Å²) in [7, 11) is 0. The van der Waals surface area contributed by atoms with E-state index < -0.39 is 36.2 Å². The zero-order chi connectivity index (χ0) is 23.6. The van der Waals surface area contributed by atoms with E-state index in [0.717, 1.165) is 31.4 Å². The molecule has 4 atom stereocenters. The fourth-order valence-electron chi connectivity index (χ4n) is 4.85.